The summed E-state index contributed by atoms with van der Waals surface area (Å²) in [4.78, 5) is 17.1. The number of aryl methyl sites for hydroxylation is 2. The van der Waals surface area contributed by atoms with Gasteiger partial charge in [-0.3, -0.25) is 4.79 Å². The molecular weight excluding hydrogens is 426 g/mol. The third-order valence-corrected chi connectivity index (χ3v) is 5.72. The Morgan fingerprint density at radius 3 is 2.59 bits per heavy atom. The number of nitrogens with zero attached hydrogens (tertiary/aromatic N) is 2. The molecule has 3 aromatic carbocycles. The Morgan fingerprint density at radius 2 is 1.74 bits per heavy atom. The fourth-order valence-electron chi connectivity index (χ4n) is 3.97. The molecule has 6 nitrogen and oxygen atoms in total. The summed E-state index contributed by atoms with van der Waals surface area (Å²) in [5.74, 6) is 2.63. The molecule has 0 radical (unpaired) electrons. The summed E-state index contributed by atoms with van der Waals surface area (Å²) in [5, 5.41) is 3.04. The topological polar surface area (TPSA) is 65.4 Å². The Hall–Kier alpha value is -3.80. The summed E-state index contributed by atoms with van der Waals surface area (Å²) in [6, 6.07) is 25.9. The number of imidazole rings is 1. The SMILES string of the molecule is COc1cccc(OCCCn2c(CCNC(=O)CCc3ccccc3)nc3ccccc32)c1. The molecule has 0 aliphatic carbocycles. The van der Waals surface area contributed by atoms with Crippen LogP contribution in [0.25, 0.3) is 11.0 Å². The van der Waals surface area contributed by atoms with Crippen LogP contribution in [0.3, 0.4) is 0 Å². The van der Waals surface area contributed by atoms with Gasteiger partial charge in [0.1, 0.15) is 17.3 Å². The number of rotatable bonds is 12. The van der Waals surface area contributed by atoms with Gasteiger partial charge in [0.15, 0.2) is 0 Å². The molecule has 0 fully saturated rings. The first kappa shape index (κ1) is 23.4. The Kier molecular flexibility index (Phi) is 8.17. The monoisotopic (exact) mass is 457 g/mol. The van der Waals surface area contributed by atoms with Crippen molar-refractivity contribution < 1.29 is 14.3 Å². The molecule has 4 aromatic rings. The van der Waals surface area contributed by atoms with Gasteiger partial charge in [-0.2, -0.15) is 0 Å². The first-order valence-corrected chi connectivity index (χ1v) is 11.7. The standard InChI is InChI=1S/C28H31N3O3/c1-33-23-11-7-12-24(21-23)34-20-8-19-31-26-14-6-5-13-25(26)30-27(31)17-18-29-28(32)16-15-22-9-3-2-4-10-22/h2-7,9-14,21H,8,15-20H2,1H3,(H,29,32). The number of carbonyl (C=O) groups excluding carboxylic acids is 1. The van der Waals surface area contributed by atoms with Crippen LogP contribution >= 0.6 is 0 Å². The number of nitrogens with one attached hydrogen (secondary N) is 1. The maximum absolute atomic E-state index is 12.3. The Labute approximate surface area is 200 Å². The van der Waals surface area contributed by atoms with E-state index in [4.69, 9.17) is 14.5 Å². The zero-order valence-electron chi connectivity index (χ0n) is 19.6. The van der Waals surface area contributed by atoms with Gasteiger partial charge in [-0.1, -0.05) is 48.5 Å². The number of methoxy groups -OCH3 is 1. The minimum absolute atomic E-state index is 0.0678. The second-order valence-electron chi connectivity index (χ2n) is 8.13. The zero-order chi connectivity index (χ0) is 23.6. The molecule has 0 bridgehead atoms. The Balaban J connectivity index is 1.30. The lowest BCUT2D eigenvalue weighted by Crippen LogP contribution is -2.26. The number of benzene rings is 3. The van der Waals surface area contributed by atoms with Gasteiger partial charge >= 0.3 is 0 Å². The minimum Gasteiger partial charge on any atom is -0.497 e. The molecule has 0 unspecified atom stereocenters. The van der Waals surface area contributed by atoms with Crippen LogP contribution in [0.15, 0.2) is 78.9 Å². The lowest BCUT2D eigenvalue weighted by molar-refractivity contribution is -0.121. The highest BCUT2D eigenvalue weighted by molar-refractivity contribution is 5.77. The maximum Gasteiger partial charge on any atom is 0.220 e. The van der Waals surface area contributed by atoms with Crippen LogP contribution in [-0.4, -0.2) is 35.7 Å². The average molecular weight is 458 g/mol. The van der Waals surface area contributed by atoms with Crippen LogP contribution in [0.5, 0.6) is 11.5 Å². The number of fused-ring (bicyclic) bond motifs is 1. The van der Waals surface area contributed by atoms with Crippen molar-refractivity contribution >= 4 is 16.9 Å². The first-order valence-electron chi connectivity index (χ1n) is 11.7. The molecule has 1 N–H and O–H groups in total. The predicted octanol–water partition coefficient (Wildman–Crippen LogP) is 4.81. The van der Waals surface area contributed by atoms with E-state index in [9.17, 15) is 4.79 Å². The average Bonchev–Trinajstić information content (AvgIpc) is 3.23. The van der Waals surface area contributed by atoms with E-state index < -0.39 is 0 Å². The van der Waals surface area contributed by atoms with Crippen LogP contribution in [0.2, 0.25) is 0 Å². The number of hydrogen-bond acceptors (Lipinski definition) is 4. The van der Waals surface area contributed by atoms with Gasteiger partial charge in [0, 0.05) is 32.0 Å². The first-order chi connectivity index (χ1) is 16.7. The third kappa shape index (κ3) is 6.38. The molecule has 6 heteroatoms. The van der Waals surface area contributed by atoms with Crippen molar-refractivity contribution in [3.63, 3.8) is 0 Å². The van der Waals surface area contributed by atoms with E-state index in [1.807, 2.05) is 72.8 Å². The van der Waals surface area contributed by atoms with E-state index in [0.717, 1.165) is 47.7 Å². The molecule has 1 amide bonds. The van der Waals surface area contributed by atoms with Crippen molar-refractivity contribution in [2.75, 3.05) is 20.3 Å². The van der Waals surface area contributed by atoms with E-state index in [1.54, 1.807) is 7.11 Å². The van der Waals surface area contributed by atoms with Crippen LogP contribution < -0.4 is 14.8 Å². The van der Waals surface area contributed by atoms with Crippen molar-refractivity contribution in [3.8, 4) is 11.5 Å². The van der Waals surface area contributed by atoms with Crippen LogP contribution in [0.1, 0.15) is 24.2 Å². The summed E-state index contributed by atoms with van der Waals surface area (Å²) in [6.07, 6.45) is 2.76. The van der Waals surface area contributed by atoms with E-state index in [-0.39, 0.29) is 5.91 Å². The maximum atomic E-state index is 12.3. The molecule has 0 saturated carbocycles. The van der Waals surface area contributed by atoms with E-state index >= 15 is 0 Å². The van der Waals surface area contributed by atoms with Gasteiger partial charge in [0.05, 0.1) is 24.8 Å². The van der Waals surface area contributed by atoms with Crippen molar-refractivity contribution in [2.24, 2.45) is 0 Å². The van der Waals surface area contributed by atoms with Crippen molar-refractivity contribution in [2.45, 2.75) is 32.2 Å². The highest BCUT2D eigenvalue weighted by atomic mass is 16.5. The van der Waals surface area contributed by atoms with E-state index in [0.29, 0.717) is 26.0 Å². The molecule has 0 aliphatic rings. The Morgan fingerprint density at radius 1 is 0.941 bits per heavy atom. The smallest absolute Gasteiger partial charge is 0.220 e. The molecule has 4 rings (SSSR count). The second kappa shape index (κ2) is 11.9. The molecule has 0 atom stereocenters. The van der Waals surface area contributed by atoms with Gasteiger partial charge in [0.25, 0.3) is 0 Å². The van der Waals surface area contributed by atoms with Crippen molar-refractivity contribution in [1.29, 1.82) is 0 Å². The molecule has 0 spiro atoms. The number of ether oxygens (including phenoxy) is 2. The van der Waals surface area contributed by atoms with Gasteiger partial charge in [-0.15, -0.1) is 0 Å². The molecule has 1 aromatic heterocycles. The number of aromatic nitrogens is 2. The van der Waals surface area contributed by atoms with Gasteiger partial charge in [-0.25, -0.2) is 4.98 Å². The minimum atomic E-state index is 0.0678. The van der Waals surface area contributed by atoms with E-state index in [1.165, 1.54) is 5.56 Å². The van der Waals surface area contributed by atoms with Crippen LogP contribution in [0, 0.1) is 0 Å². The lowest BCUT2D eigenvalue weighted by Gasteiger charge is -2.11. The third-order valence-electron chi connectivity index (χ3n) is 5.72. The number of para-hydroxylation sites is 2. The summed E-state index contributed by atoms with van der Waals surface area (Å²) in [6.45, 7) is 1.95. The number of amides is 1. The van der Waals surface area contributed by atoms with Gasteiger partial charge in [0.2, 0.25) is 5.91 Å². The normalized spacial score (nSPS) is 10.9. The fourth-order valence-corrected chi connectivity index (χ4v) is 3.97. The summed E-state index contributed by atoms with van der Waals surface area (Å²) < 4.78 is 13.4. The largest absolute Gasteiger partial charge is 0.497 e. The number of hydrogen-bond donors (Lipinski definition) is 1. The van der Waals surface area contributed by atoms with Crippen LogP contribution in [-0.2, 0) is 24.2 Å². The van der Waals surface area contributed by atoms with Gasteiger partial charge in [-0.05, 0) is 42.7 Å². The predicted molar refractivity (Wildman–Crippen MR) is 134 cm³/mol. The molecule has 0 saturated heterocycles. The quantitative estimate of drug-likeness (QED) is 0.310. The Bertz CT molecular complexity index is 1200. The van der Waals surface area contributed by atoms with Crippen molar-refractivity contribution in [3.05, 3.63) is 90.3 Å². The molecule has 0 aliphatic heterocycles. The van der Waals surface area contributed by atoms with Crippen molar-refractivity contribution in [1.82, 2.24) is 14.9 Å². The lowest BCUT2D eigenvalue weighted by atomic mass is 10.1. The summed E-state index contributed by atoms with van der Waals surface area (Å²) in [7, 11) is 1.65. The van der Waals surface area contributed by atoms with Gasteiger partial charge < -0.3 is 19.4 Å². The molecule has 1 heterocycles. The molecule has 176 valence electrons. The highest BCUT2D eigenvalue weighted by Crippen LogP contribution is 2.20. The van der Waals surface area contributed by atoms with E-state index in [2.05, 4.69) is 16.0 Å². The van der Waals surface area contributed by atoms with Crippen LogP contribution in [0.4, 0.5) is 0 Å². The second-order valence-corrected chi connectivity index (χ2v) is 8.13. The zero-order valence-corrected chi connectivity index (χ0v) is 19.6. The number of carbonyl (C=O) groups is 1. The molecular formula is C28H31N3O3. The highest BCUT2D eigenvalue weighted by Gasteiger charge is 2.11. The fraction of sp³-hybridized carbons (Fsp3) is 0.286. The summed E-state index contributed by atoms with van der Waals surface area (Å²) in [5.41, 5.74) is 3.26. The summed E-state index contributed by atoms with van der Waals surface area (Å²) >= 11 is 0. The molecule has 34 heavy (non-hydrogen) atoms.